The number of aromatic nitrogens is 4. The van der Waals surface area contributed by atoms with E-state index in [2.05, 4.69) is 47.1 Å². The number of halogens is 1. The molecule has 0 spiro atoms. The molecule has 0 bridgehead atoms. The van der Waals surface area contributed by atoms with Gasteiger partial charge in [0.25, 0.3) is 5.91 Å². The summed E-state index contributed by atoms with van der Waals surface area (Å²) in [5.41, 5.74) is 12.2. The average Bonchev–Trinajstić information content (AvgIpc) is 3.19. The van der Waals surface area contributed by atoms with Crippen molar-refractivity contribution in [3.63, 3.8) is 0 Å². The summed E-state index contributed by atoms with van der Waals surface area (Å²) >= 11 is 3.33. The number of amides is 1. The molecule has 0 atom stereocenters. The number of hydrogen-bond acceptors (Lipinski definition) is 7. The first-order valence-electron chi connectivity index (χ1n) is 8.25. The first-order chi connectivity index (χ1) is 13.1. The Hall–Kier alpha value is -3.14. The van der Waals surface area contributed by atoms with E-state index in [9.17, 15) is 4.79 Å². The van der Waals surface area contributed by atoms with E-state index < -0.39 is 0 Å². The molecule has 0 saturated heterocycles. The van der Waals surface area contributed by atoms with Crippen LogP contribution in [0.1, 0.15) is 16.8 Å². The van der Waals surface area contributed by atoms with Gasteiger partial charge in [-0.05, 0) is 30.7 Å². The number of aryl methyl sites for hydroxylation is 1. The minimum absolute atomic E-state index is 0.296. The monoisotopic (exact) mass is 430 g/mol. The zero-order valence-corrected chi connectivity index (χ0v) is 16.0. The molecule has 3 rings (SSSR count). The van der Waals surface area contributed by atoms with Crippen LogP contribution in [-0.4, -0.2) is 32.0 Å². The van der Waals surface area contributed by atoms with Crippen LogP contribution in [0.15, 0.2) is 53.8 Å². The quantitative estimate of drug-likeness (QED) is 0.319. The van der Waals surface area contributed by atoms with Gasteiger partial charge < -0.3 is 15.6 Å². The molecular weight excluding hydrogens is 412 g/mol. The third-order valence-electron chi connectivity index (χ3n) is 3.73. The lowest BCUT2D eigenvalue weighted by Gasteiger charge is -2.13. The second-order valence-electron chi connectivity index (χ2n) is 5.65. The fourth-order valence-electron chi connectivity index (χ4n) is 2.31. The van der Waals surface area contributed by atoms with Gasteiger partial charge in [0, 0.05) is 35.5 Å². The number of nitrogens with one attached hydrogen (secondary N) is 3. The Morgan fingerprint density at radius 1 is 1.19 bits per heavy atom. The van der Waals surface area contributed by atoms with E-state index >= 15 is 0 Å². The molecule has 140 valence electrons. The highest BCUT2D eigenvalue weighted by molar-refractivity contribution is 9.10. The maximum atomic E-state index is 12.2. The Kier molecular flexibility index (Phi) is 6.21. The minimum Gasteiger partial charge on any atom is -0.393 e. The molecule has 2 aromatic heterocycles. The zero-order valence-electron chi connectivity index (χ0n) is 14.4. The fraction of sp³-hybridized carbons (Fsp3) is 0.176. The predicted octanol–water partition coefficient (Wildman–Crippen LogP) is 2.28. The summed E-state index contributed by atoms with van der Waals surface area (Å²) in [5, 5.41) is 3.17. The number of hydrazine groups is 1. The van der Waals surface area contributed by atoms with Gasteiger partial charge in [-0.3, -0.25) is 15.6 Å². The van der Waals surface area contributed by atoms with E-state index in [1.165, 1.54) is 6.33 Å². The first kappa shape index (κ1) is 18.6. The number of anilines is 3. The van der Waals surface area contributed by atoms with E-state index in [-0.39, 0.29) is 5.91 Å². The Bertz CT molecular complexity index is 882. The van der Waals surface area contributed by atoms with Crippen molar-refractivity contribution < 1.29 is 4.79 Å². The fourth-order valence-corrected chi connectivity index (χ4v) is 2.58. The van der Waals surface area contributed by atoms with Crippen LogP contribution in [0.3, 0.4) is 0 Å². The molecule has 3 aromatic rings. The van der Waals surface area contributed by atoms with Gasteiger partial charge in [0.15, 0.2) is 11.6 Å². The van der Waals surface area contributed by atoms with Gasteiger partial charge in [-0.25, -0.2) is 15.0 Å². The van der Waals surface area contributed by atoms with Crippen molar-refractivity contribution in [2.24, 2.45) is 0 Å². The molecule has 0 aliphatic rings. The molecule has 0 fully saturated rings. The Labute approximate surface area is 164 Å². The predicted molar refractivity (Wildman–Crippen MR) is 107 cm³/mol. The van der Waals surface area contributed by atoms with E-state index in [1.54, 1.807) is 36.8 Å². The SMILES string of the molecule is Nc1c(NCCCn2ccnc2)ncnc1NNC(=O)c1ccc(Br)cc1. The number of carbonyl (C=O) groups is 1. The summed E-state index contributed by atoms with van der Waals surface area (Å²) in [6, 6.07) is 6.99. The average molecular weight is 431 g/mol. The highest BCUT2D eigenvalue weighted by Gasteiger charge is 2.10. The smallest absolute Gasteiger partial charge is 0.269 e. The second-order valence-corrected chi connectivity index (χ2v) is 6.57. The molecule has 2 heterocycles. The lowest BCUT2D eigenvalue weighted by Crippen LogP contribution is -2.30. The maximum Gasteiger partial charge on any atom is 0.269 e. The minimum atomic E-state index is -0.296. The molecule has 1 amide bonds. The van der Waals surface area contributed by atoms with E-state index in [4.69, 9.17) is 5.73 Å². The molecule has 10 heteroatoms. The van der Waals surface area contributed by atoms with Crippen LogP contribution >= 0.6 is 15.9 Å². The van der Waals surface area contributed by atoms with Crippen molar-refractivity contribution in [2.75, 3.05) is 23.0 Å². The molecule has 0 aliphatic carbocycles. The van der Waals surface area contributed by atoms with Crippen molar-refractivity contribution in [1.29, 1.82) is 0 Å². The first-order valence-corrected chi connectivity index (χ1v) is 9.05. The number of imidazole rings is 1. The van der Waals surface area contributed by atoms with Crippen molar-refractivity contribution >= 4 is 39.2 Å². The molecular formula is C17H19BrN8O. The number of nitrogen functional groups attached to an aromatic ring is 1. The van der Waals surface area contributed by atoms with Gasteiger partial charge >= 0.3 is 0 Å². The van der Waals surface area contributed by atoms with Gasteiger partial charge in [-0.1, -0.05) is 15.9 Å². The number of hydrogen-bond donors (Lipinski definition) is 4. The van der Waals surface area contributed by atoms with Gasteiger partial charge in [0.1, 0.15) is 12.0 Å². The maximum absolute atomic E-state index is 12.2. The number of rotatable bonds is 8. The molecule has 0 radical (unpaired) electrons. The van der Waals surface area contributed by atoms with Crippen molar-refractivity contribution in [3.8, 4) is 0 Å². The van der Waals surface area contributed by atoms with Crippen LogP contribution in [0.4, 0.5) is 17.3 Å². The standard InChI is InChI=1S/C17H19BrN8O/c18-13-4-2-12(3-5-13)17(27)25-24-16-14(19)15(22-10-23-16)21-6-1-8-26-9-7-20-11-26/h2-5,7,9-11H,1,6,8,19H2,(H,25,27)(H2,21,22,23,24). The lowest BCUT2D eigenvalue weighted by molar-refractivity contribution is 0.0962. The zero-order chi connectivity index (χ0) is 19.1. The number of nitrogens with two attached hydrogens (primary N) is 1. The Morgan fingerprint density at radius 3 is 2.70 bits per heavy atom. The van der Waals surface area contributed by atoms with Crippen LogP contribution < -0.4 is 21.9 Å². The molecule has 9 nitrogen and oxygen atoms in total. The number of benzene rings is 1. The van der Waals surface area contributed by atoms with Gasteiger partial charge in [-0.2, -0.15) is 0 Å². The summed E-state index contributed by atoms with van der Waals surface area (Å²) in [6.07, 6.45) is 7.69. The summed E-state index contributed by atoms with van der Waals surface area (Å²) in [4.78, 5) is 24.4. The molecule has 0 aliphatic heterocycles. The van der Waals surface area contributed by atoms with Crippen LogP contribution in [0.2, 0.25) is 0 Å². The second kappa shape index (κ2) is 8.99. The normalized spacial score (nSPS) is 10.4. The molecule has 0 saturated carbocycles. The van der Waals surface area contributed by atoms with Gasteiger partial charge in [0.2, 0.25) is 0 Å². The molecule has 27 heavy (non-hydrogen) atoms. The van der Waals surface area contributed by atoms with Gasteiger partial charge in [0.05, 0.1) is 6.33 Å². The lowest BCUT2D eigenvalue weighted by atomic mass is 10.2. The number of nitrogens with zero attached hydrogens (tertiary/aromatic N) is 4. The third kappa shape index (κ3) is 5.17. The molecule has 0 unspecified atom stereocenters. The van der Waals surface area contributed by atoms with Gasteiger partial charge in [-0.15, -0.1) is 0 Å². The van der Waals surface area contributed by atoms with Crippen LogP contribution in [0.5, 0.6) is 0 Å². The van der Waals surface area contributed by atoms with Crippen LogP contribution in [0, 0.1) is 0 Å². The number of carbonyl (C=O) groups excluding carboxylic acids is 1. The summed E-state index contributed by atoms with van der Waals surface area (Å²) in [6.45, 7) is 1.52. The van der Waals surface area contributed by atoms with Crippen LogP contribution in [-0.2, 0) is 6.54 Å². The Balaban J connectivity index is 1.52. The highest BCUT2D eigenvalue weighted by atomic mass is 79.9. The van der Waals surface area contributed by atoms with Crippen molar-refractivity contribution in [1.82, 2.24) is 24.9 Å². The van der Waals surface area contributed by atoms with E-state index in [0.29, 0.717) is 29.4 Å². The molecule has 1 aromatic carbocycles. The topological polar surface area (TPSA) is 123 Å². The van der Waals surface area contributed by atoms with E-state index in [1.807, 2.05) is 10.8 Å². The van der Waals surface area contributed by atoms with Crippen LogP contribution in [0.25, 0.3) is 0 Å². The summed E-state index contributed by atoms with van der Waals surface area (Å²) in [7, 11) is 0. The Morgan fingerprint density at radius 2 is 1.96 bits per heavy atom. The molecule has 5 N–H and O–H groups in total. The largest absolute Gasteiger partial charge is 0.393 e. The van der Waals surface area contributed by atoms with E-state index in [0.717, 1.165) is 17.4 Å². The van der Waals surface area contributed by atoms with Crippen molar-refractivity contribution in [2.45, 2.75) is 13.0 Å². The van der Waals surface area contributed by atoms with Crippen molar-refractivity contribution in [3.05, 3.63) is 59.3 Å². The summed E-state index contributed by atoms with van der Waals surface area (Å²) < 4.78 is 2.89. The highest BCUT2D eigenvalue weighted by Crippen LogP contribution is 2.21. The third-order valence-corrected chi connectivity index (χ3v) is 4.26. The summed E-state index contributed by atoms with van der Waals surface area (Å²) in [5.74, 6) is 0.541.